The molecule has 1 amide bonds. The Morgan fingerprint density at radius 2 is 2.04 bits per heavy atom. The van der Waals surface area contributed by atoms with Crippen LogP contribution >= 0.6 is 23.6 Å². The predicted molar refractivity (Wildman–Crippen MR) is 100 cm³/mol. The molecular weight excluding hydrogens is 342 g/mol. The first-order chi connectivity index (χ1) is 11.6. The van der Waals surface area contributed by atoms with Gasteiger partial charge in [-0.05, 0) is 54.9 Å². The van der Waals surface area contributed by atoms with Crippen LogP contribution in [0.25, 0.3) is 0 Å². The van der Waals surface area contributed by atoms with E-state index >= 15 is 0 Å². The first-order valence-electron chi connectivity index (χ1n) is 7.35. The number of allylic oxidation sites excluding steroid dienone is 1. The molecule has 0 aliphatic carbocycles. The molecule has 1 aliphatic rings. The fraction of sp³-hybridized carbons (Fsp3) is 0.176. The van der Waals surface area contributed by atoms with Crippen molar-refractivity contribution in [3.05, 3.63) is 57.9 Å². The number of amides is 1. The van der Waals surface area contributed by atoms with Crippen LogP contribution in [0.5, 0.6) is 5.75 Å². The molecule has 3 N–H and O–H groups in total. The average Bonchev–Trinajstić information content (AvgIpc) is 3.09. The number of benzene rings is 1. The van der Waals surface area contributed by atoms with Gasteiger partial charge >= 0.3 is 0 Å². The molecule has 0 radical (unpaired) electrons. The topological polar surface area (TPSA) is 62.4 Å². The standard InChI is InChI=1S/C17H17N3O2S2/c1-10-14(15(20-17(23)18-10)13-4-3-9-24-13)16(21)19-11-5-7-12(22-2)8-6-11/h3-9,15H,1-2H3,(H,19,21)(H2,18,20,23)/t15-/m1/s1. The van der Waals surface area contributed by atoms with E-state index in [1.54, 1.807) is 42.7 Å². The second-order valence-corrected chi connectivity index (χ2v) is 6.66. The Morgan fingerprint density at radius 1 is 1.29 bits per heavy atom. The minimum absolute atomic E-state index is 0.168. The van der Waals surface area contributed by atoms with Crippen LogP contribution < -0.4 is 20.7 Å². The largest absolute Gasteiger partial charge is 0.497 e. The molecule has 3 rings (SSSR count). The van der Waals surface area contributed by atoms with Crippen molar-refractivity contribution in [3.63, 3.8) is 0 Å². The van der Waals surface area contributed by atoms with E-state index in [-0.39, 0.29) is 11.9 Å². The van der Waals surface area contributed by atoms with Crippen LogP contribution in [-0.2, 0) is 4.79 Å². The maximum absolute atomic E-state index is 12.8. The van der Waals surface area contributed by atoms with Gasteiger partial charge in [0.25, 0.3) is 5.91 Å². The molecule has 5 nitrogen and oxygen atoms in total. The highest BCUT2D eigenvalue weighted by atomic mass is 32.1. The quantitative estimate of drug-likeness (QED) is 0.732. The van der Waals surface area contributed by atoms with E-state index in [9.17, 15) is 4.79 Å². The SMILES string of the molecule is COc1ccc(NC(=O)C2=C(C)NC(=S)N[C@@H]2c2cccs2)cc1. The van der Waals surface area contributed by atoms with E-state index in [0.717, 1.165) is 16.3 Å². The molecular formula is C17H17N3O2S2. The molecule has 0 bridgehead atoms. The van der Waals surface area contributed by atoms with Crippen LogP contribution in [0.1, 0.15) is 17.8 Å². The lowest BCUT2D eigenvalue weighted by Gasteiger charge is -2.29. The molecule has 7 heteroatoms. The maximum atomic E-state index is 12.8. The van der Waals surface area contributed by atoms with Gasteiger partial charge in [-0.2, -0.15) is 0 Å². The third-order valence-corrected chi connectivity index (χ3v) is 4.85. The van der Waals surface area contributed by atoms with Crippen LogP contribution in [0.3, 0.4) is 0 Å². The molecule has 0 fully saturated rings. The Labute approximate surface area is 149 Å². The Balaban J connectivity index is 1.87. The zero-order valence-electron chi connectivity index (χ0n) is 13.3. The van der Waals surface area contributed by atoms with Crippen LogP contribution in [0.2, 0.25) is 0 Å². The summed E-state index contributed by atoms with van der Waals surface area (Å²) in [5.41, 5.74) is 2.09. The van der Waals surface area contributed by atoms with Crippen molar-refractivity contribution in [2.45, 2.75) is 13.0 Å². The van der Waals surface area contributed by atoms with E-state index in [2.05, 4.69) is 16.0 Å². The van der Waals surface area contributed by atoms with Crippen molar-refractivity contribution < 1.29 is 9.53 Å². The summed E-state index contributed by atoms with van der Waals surface area (Å²) < 4.78 is 5.13. The van der Waals surface area contributed by atoms with E-state index in [1.165, 1.54) is 0 Å². The number of hydrogen-bond acceptors (Lipinski definition) is 4. The number of thiocarbonyl (C=S) groups is 1. The van der Waals surface area contributed by atoms with E-state index in [1.807, 2.05) is 24.4 Å². The molecule has 2 heterocycles. The molecule has 0 spiro atoms. The second-order valence-electron chi connectivity index (χ2n) is 5.27. The Morgan fingerprint density at radius 3 is 2.67 bits per heavy atom. The molecule has 1 atom stereocenters. The Hall–Kier alpha value is -2.38. The smallest absolute Gasteiger partial charge is 0.255 e. The van der Waals surface area contributed by atoms with Crippen molar-refractivity contribution in [2.75, 3.05) is 12.4 Å². The van der Waals surface area contributed by atoms with Gasteiger partial charge in [-0.15, -0.1) is 11.3 Å². The van der Waals surface area contributed by atoms with Crippen molar-refractivity contribution in [3.8, 4) is 5.75 Å². The van der Waals surface area contributed by atoms with E-state index in [0.29, 0.717) is 16.4 Å². The zero-order valence-corrected chi connectivity index (χ0v) is 14.9. The zero-order chi connectivity index (χ0) is 17.1. The molecule has 124 valence electrons. The summed E-state index contributed by atoms with van der Waals surface area (Å²) in [5.74, 6) is 0.574. The van der Waals surface area contributed by atoms with Crippen LogP contribution in [0.15, 0.2) is 53.0 Å². The Kier molecular flexibility index (Phi) is 4.82. The summed E-state index contributed by atoms with van der Waals surface area (Å²) in [7, 11) is 1.61. The van der Waals surface area contributed by atoms with Crippen molar-refractivity contribution in [1.29, 1.82) is 0 Å². The third kappa shape index (κ3) is 3.42. The monoisotopic (exact) mass is 359 g/mol. The maximum Gasteiger partial charge on any atom is 0.255 e. The van der Waals surface area contributed by atoms with E-state index in [4.69, 9.17) is 17.0 Å². The molecule has 0 saturated carbocycles. The minimum atomic E-state index is -0.253. The highest BCUT2D eigenvalue weighted by molar-refractivity contribution is 7.80. The number of methoxy groups -OCH3 is 1. The van der Waals surface area contributed by atoms with Gasteiger partial charge in [-0.3, -0.25) is 4.79 Å². The van der Waals surface area contributed by atoms with Gasteiger partial charge in [-0.1, -0.05) is 6.07 Å². The van der Waals surface area contributed by atoms with E-state index < -0.39 is 0 Å². The third-order valence-electron chi connectivity index (χ3n) is 3.69. The summed E-state index contributed by atoms with van der Waals surface area (Å²) in [6.45, 7) is 1.86. The van der Waals surface area contributed by atoms with Crippen LogP contribution in [0, 0.1) is 0 Å². The van der Waals surface area contributed by atoms with Gasteiger partial charge in [0.15, 0.2) is 5.11 Å². The fourth-order valence-corrected chi connectivity index (χ4v) is 3.59. The van der Waals surface area contributed by atoms with Crippen LogP contribution in [0.4, 0.5) is 5.69 Å². The van der Waals surface area contributed by atoms with Crippen molar-refractivity contribution >= 4 is 40.3 Å². The first kappa shape index (κ1) is 16.5. The van der Waals surface area contributed by atoms with Gasteiger partial charge in [0, 0.05) is 16.3 Å². The van der Waals surface area contributed by atoms with Gasteiger partial charge in [0.05, 0.1) is 18.7 Å². The van der Waals surface area contributed by atoms with Crippen molar-refractivity contribution in [2.24, 2.45) is 0 Å². The molecule has 1 aliphatic heterocycles. The summed E-state index contributed by atoms with van der Waals surface area (Å²) in [6, 6.07) is 10.9. The van der Waals surface area contributed by atoms with Gasteiger partial charge in [-0.25, -0.2) is 0 Å². The fourth-order valence-electron chi connectivity index (χ4n) is 2.54. The number of carbonyl (C=O) groups is 1. The minimum Gasteiger partial charge on any atom is -0.497 e. The Bertz CT molecular complexity index is 783. The number of hydrogen-bond donors (Lipinski definition) is 3. The number of rotatable bonds is 4. The van der Waals surface area contributed by atoms with Crippen LogP contribution in [-0.4, -0.2) is 18.1 Å². The summed E-state index contributed by atoms with van der Waals surface area (Å²) in [5, 5.41) is 11.6. The molecule has 24 heavy (non-hydrogen) atoms. The lowest BCUT2D eigenvalue weighted by Crippen LogP contribution is -2.45. The number of ether oxygens (including phenoxy) is 1. The molecule has 1 aromatic carbocycles. The molecule has 0 saturated heterocycles. The number of nitrogens with one attached hydrogen (secondary N) is 3. The second kappa shape index (κ2) is 7.02. The summed E-state index contributed by atoms with van der Waals surface area (Å²) in [6.07, 6.45) is 0. The number of anilines is 1. The number of carbonyl (C=O) groups excluding carboxylic acids is 1. The van der Waals surface area contributed by atoms with Crippen molar-refractivity contribution in [1.82, 2.24) is 10.6 Å². The summed E-state index contributed by atoms with van der Waals surface area (Å²) in [4.78, 5) is 13.9. The lowest BCUT2D eigenvalue weighted by molar-refractivity contribution is -0.113. The molecule has 0 unspecified atom stereocenters. The molecule has 2 aromatic rings. The molecule has 1 aromatic heterocycles. The predicted octanol–water partition coefficient (Wildman–Crippen LogP) is 3.19. The first-order valence-corrected chi connectivity index (χ1v) is 8.64. The average molecular weight is 359 g/mol. The highest BCUT2D eigenvalue weighted by Gasteiger charge is 2.30. The van der Waals surface area contributed by atoms with Gasteiger partial charge in [0.1, 0.15) is 5.75 Å². The van der Waals surface area contributed by atoms with Gasteiger partial charge < -0.3 is 20.7 Å². The highest BCUT2D eigenvalue weighted by Crippen LogP contribution is 2.30. The summed E-state index contributed by atoms with van der Waals surface area (Å²) >= 11 is 6.82. The van der Waals surface area contributed by atoms with Gasteiger partial charge in [0.2, 0.25) is 0 Å². The normalized spacial score (nSPS) is 17.1. The number of thiophene rings is 1. The lowest BCUT2D eigenvalue weighted by atomic mass is 10.0.